The van der Waals surface area contributed by atoms with Gasteiger partial charge in [-0.05, 0) is 24.3 Å². The van der Waals surface area contributed by atoms with Crippen LogP contribution in [0.15, 0.2) is 36.5 Å². The van der Waals surface area contributed by atoms with Crippen LogP contribution in [0.3, 0.4) is 0 Å². The van der Waals surface area contributed by atoms with Gasteiger partial charge < -0.3 is 10.6 Å². The van der Waals surface area contributed by atoms with E-state index in [2.05, 4.69) is 15.7 Å². The lowest BCUT2D eigenvalue weighted by molar-refractivity contribution is -0.114. The number of anilines is 2. The van der Waals surface area contributed by atoms with Crippen LogP contribution in [-0.4, -0.2) is 21.6 Å². The van der Waals surface area contributed by atoms with Crippen LogP contribution >= 0.6 is 0 Å². The molecule has 0 spiro atoms. The molecule has 19 heavy (non-hydrogen) atoms. The lowest BCUT2D eigenvalue weighted by Gasteiger charge is -2.07. The van der Waals surface area contributed by atoms with Crippen molar-refractivity contribution in [1.82, 2.24) is 9.78 Å². The lowest BCUT2D eigenvalue weighted by Crippen LogP contribution is -2.16. The summed E-state index contributed by atoms with van der Waals surface area (Å²) in [5.41, 5.74) is 1.71. The Kier molecular flexibility index (Phi) is 3.61. The summed E-state index contributed by atoms with van der Waals surface area (Å²) in [6.45, 7) is 1.43. The highest BCUT2D eigenvalue weighted by atomic mass is 16.2. The number of aryl methyl sites for hydroxylation is 1. The quantitative estimate of drug-likeness (QED) is 0.878. The Balaban J connectivity index is 2.13. The number of nitrogens with one attached hydrogen (secondary N) is 2. The Labute approximate surface area is 110 Å². The van der Waals surface area contributed by atoms with Gasteiger partial charge >= 0.3 is 0 Å². The van der Waals surface area contributed by atoms with Gasteiger partial charge in [-0.1, -0.05) is 6.07 Å². The zero-order valence-electron chi connectivity index (χ0n) is 10.7. The second-order valence-electron chi connectivity index (χ2n) is 4.06. The van der Waals surface area contributed by atoms with Crippen LogP contribution in [0.2, 0.25) is 0 Å². The maximum absolute atomic E-state index is 12.0. The first kappa shape index (κ1) is 12.8. The molecule has 98 valence electrons. The minimum Gasteiger partial charge on any atom is -0.326 e. The van der Waals surface area contributed by atoms with Crippen molar-refractivity contribution >= 4 is 23.2 Å². The molecule has 0 unspecified atom stereocenters. The van der Waals surface area contributed by atoms with E-state index < -0.39 is 0 Å². The van der Waals surface area contributed by atoms with Crippen molar-refractivity contribution in [3.05, 3.63) is 42.2 Å². The standard InChI is InChI=1S/C13H14N4O2/c1-9(18)15-10-4-3-5-11(8-10)16-13(19)12-6-7-14-17(12)2/h3-8H,1-2H3,(H,15,18)(H,16,19). The molecular weight excluding hydrogens is 244 g/mol. The topological polar surface area (TPSA) is 76.0 Å². The molecule has 1 heterocycles. The van der Waals surface area contributed by atoms with E-state index in [1.807, 2.05) is 0 Å². The molecule has 6 nitrogen and oxygen atoms in total. The van der Waals surface area contributed by atoms with E-state index in [1.54, 1.807) is 43.6 Å². The first-order valence-corrected chi connectivity index (χ1v) is 5.73. The van der Waals surface area contributed by atoms with Crippen LogP contribution in [-0.2, 0) is 11.8 Å². The van der Waals surface area contributed by atoms with Gasteiger partial charge in [-0.25, -0.2) is 0 Å². The minimum atomic E-state index is -0.250. The smallest absolute Gasteiger partial charge is 0.273 e. The Morgan fingerprint density at radius 3 is 2.42 bits per heavy atom. The largest absolute Gasteiger partial charge is 0.326 e. The summed E-state index contributed by atoms with van der Waals surface area (Å²) < 4.78 is 1.49. The van der Waals surface area contributed by atoms with Crippen molar-refractivity contribution in [1.29, 1.82) is 0 Å². The van der Waals surface area contributed by atoms with Crippen LogP contribution < -0.4 is 10.6 Å². The van der Waals surface area contributed by atoms with Crippen molar-refractivity contribution in [2.75, 3.05) is 10.6 Å². The van der Waals surface area contributed by atoms with Gasteiger partial charge in [0.2, 0.25) is 5.91 Å². The second-order valence-corrected chi connectivity index (χ2v) is 4.06. The molecule has 2 amide bonds. The average Bonchev–Trinajstić information content (AvgIpc) is 2.75. The van der Waals surface area contributed by atoms with Crippen LogP contribution in [0.1, 0.15) is 17.4 Å². The van der Waals surface area contributed by atoms with Crippen LogP contribution in [0, 0.1) is 0 Å². The fourth-order valence-corrected chi connectivity index (χ4v) is 1.67. The third-order valence-electron chi connectivity index (χ3n) is 2.49. The zero-order chi connectivity index (χ0) is 13.8. The Morgan fingerprint density at radius 2 is 1.84 bits per heavy atom. The number of benzene rings is 1. The first-order valence-electron chi connectivity index (χ1n) is 5.73. The van der Waals surface area contributed by atoms with Gasteiger partial charge in [-0.2, -0.15) is 5.10 Å². The number of rotatable bonds is 3. The van der Waals surface area contributed by atoms with Gasteiger partial charge in [0.1, 0.15) is 5.69 Å². The van der Waals surface area contributed by atoms with E-state index >= 15 is 0 Å². The molecule has 0 saturated heterocycles. The predicted molar refractivity (Wildman–Crippen MR) is 71.9 cm³/mol. The molecule has 0 aliphatic heterocycles. The Bertz CT molecular complexity index is 619. The maximum Gasteiger partial charge on any atom is 0.273 e. The highest BCUT2D eigenvalue weighted by Crippen LogP contribution is 2.15. The molecule has 0 bridgehead atoms. The predicted octanol–water partition coefficient (Wildman–Crippen LogP) is 1.63. The van der Waals surface area contributed by atoms with Gasteiger partial charge in [-0.3, -0.25) is 14.3 Å². The van der Waals surface area contributed by atoms with Gasteiger partial charge in [0.15, 0.2) is 0 Å². The Hall–Kier alpha value is -2.63. The number of carbonyl (C=O) groups is 2. The van der Waals surface area contributed by atoms with E-state index in [0.29, 0.717) is 17.1 Å². The fourth-order valence-electron chi connectivity index (χ4n) is 1.67. The minimum absolute atomic E-state index is 0.157. The number of amides is 2. The normalized spacial score (nSPS) is 10.0. The van der Waals surface area contributed by atoms with Crippen LogP contribution in [0.5, 0.6) is 0 Å². The van der Waals surface area contributed by atoms with Crippen molar-refractivity contribution in [3.63, 3.8) is 0 Å². The number of nitrogens with zero attached hydrogens (tertiary/aromatic N) is 2. The van der Waals surface area contributed by atoms with Gasteiger partial charge in [0, 0.05) is 31.5 Å². The maximum atomic E-state index is 12.0. The molecule has 0 saturated carbocycles. The monoisotopic (exact) mass is 258 g/mol. The average molecular weight is 258 g/mol. The number of hydrogen-bond acceptors (Lipinski definition) is 3. The van der Waals surface area contributed by atoms with Crippen LogP contribution in [0.4, 0.5) is 11.4 Å². The van der Waals surface area contributed by atoms with Crippen molar-refractivity contribution < 1.29 is 9.59 Å². The molecule has 2 N–H and O–H groups in total. The van der Waals surface area contributed by atoms with E-state index in [0.717, 1.165) is 0 Å². The SMILES string of the molecule is CC(=O)Nc1cccc(NC(=O)c2ccnn2C)c1. The summed E-state index contributed by atoms with van der Waals surface area (Å²) in [6.07, 6.45) is 1.56. The third kappa shape index (κ3) is 3.19. The first-order chi connectivity index (χ1) is 9.06. The highest BCUT2D eigenvalue weighted by Gasteiger charge is 2.10. The van der Waals surface area contributed by atoms with E-state index in [1.165, 1.54) is 11.6 Å². The number of hydrogen-bond donors (Lipinski definition) is 2. The summed E-state index contributed by atoms with van der Waals surface area (Å²) in [6, 6.07) is 8.58. The molecule has 2 aromatic rings. The van der Waals surface area contributed by atoms with E-state index in [9.17, 15) is 9.59 Å². The fraction of sp³-hybridized carbons (Fsp3) is 0.154. The summed E-state index contributed by atoms with van der Waals surface area (Å²) in [5.74, 6) is -0.407. The molecule has 2 rings (SSSR count). The van der Waals surface area contributed by atoms with Crippen molar-refractivity contribution in [2.24, 2.45) is 7.05 Å². The highest BCUT2D eigenvalue weighted by molar-refractivity contribution is 6.03. The van der Waals surface area contributed by atoms with Gasteiger partial charge in [-0.15, -0.1) is 0 Å². The summed E-state index contributed by atoms with van der Waals surface area (Å²) in [4.78, 5) is 22.9. The second kappa shape index (κ2) is 5.34. The molecule has 6 heteroatoms. The third-order valence-corrected chi connectivity index (χ3v) is 2.49. The van der Waals surface area contributed by atoms with E-state index in [4.69, 9.17) is 0 Å². The zero-order valence-corrected chi connectivity index (χ0v) is 10.7. The molecular formula is C13H14N4O2. The summed E-state index contributed by atoms with van der Waals surface area (Å²) in [7, 11) is 1.70. The van der Waals surface area contributed by atoms with Crippen molar-refractivity contribution in [2.45, 2.75) is 6.92 Å². The molecule has 0 aliphatic rings. The summed E-state index contributed by atoms with van der Waals surface area (Å²) >= 11 is 0. The number of carbonyl (C=O) groups excluding carboxylic acids is 2. The summed E-state index contributed by atoms with van der Waals surface area (Å²) in [5, 5.41) is 9.34. The Morgan fingerprint density at radius 1 is 1.16 bits per heavy atom. The van der Waals surface area contributed by atoms with Crippen molar-refractivity contribution in [3.8, 4) is 0 Å². The van der Waals surface area contributed by atoms with Gasteiger partial charge in [0.25, 0.3) is 5.91 Å². The van der Waals surface area contributed by atoms with E-state index in [-0.39, 0.29) is 11.8 Å². The molecule has 0 fully saturated rings. The molecule has 0 atom stereocenters. The molecule has 0 radical (unpaired) electrons. The molecule has 1 aromatic heterocycles. The van der Waals surface area contributed by atoms with Crippen LogP contribution in [0.25, 0.3) is 0 Å². The molecule has 0 aliphatic carbocycles. The lowest BCUT2D eigenvalue weighted by atomic mass is 10.2. The molecule has 1 aromatic carbocycles. The van der Waals surface area contributed by atoms with Gasteiger partial charge in [0.05, 0.1) is 0 Å². The number of aromatic nitrogens is 2.